The van der Waals surface area contributed by atoms with E-state index in [2.05, 4.69) is 22.5 Å². The lowest BCUT2D eigenvalue weighted by Gasteiger charge is -2.19. The molecule has 2 amide bonds. The molecule has 2 aromatic rings. The molecule has 152 valence electrons. The molecule has 1 aliphatic rings. The number of halogens is 1. The third-order valence-corrected chi connectivity index (χ3v) is 5.18. The Labute approximate surface area is 176 Å². The van der Waals surface area contributed by atoms with E-state index in [-0.39, 0.29) is 17.9 Å². The van der Waals surface area contributed by atoms with Crippen LogP contribution in [0.5, 0.6) is 0 Å². The van der Waals surface area contributed by atoms with Crippen molar-refractivity contribution in [2.24, 2.45) is 4.99 Å². The number of fused-ring (bicyclic) bond motifs is 1. The van der Waals surface area contributed by atoms with Crippen LogP contribution in [-0.4, -0.2) is 42.8 Å². The Balaban J connectivity index is 1.41. The first-order valence-electron chi connectivity index (χ1n) is 9.69. The quantitative estimate of drug-likeness (QED) is 0.315. The Bertz CT molecular complexity index is 876. The zero-order valence-corrected chi connectivity index (χ0v) is 17.4. The fourth-order valence-corrected chi connectivity index (χ4v) is 3.40. The molecular weight excluding hydrogens is 388 g/mol. The van der Waals surface area contributed by atoms with Crippen LogP contribution in [0, 0.1) is 0 Å². The number of nitrogens with one attached hydrogen (secondary N) is 2. The van der Waals surface area contributed by atoms with Gasteiger partial charge in [0, 0.05) is 25.2 Å². The van der Waals surface area contributed by atoms with Crippen LogP contribution in [0.3, 0.4) is 0 Å². The number of imide groups is 1. The standard InChI is InChI=1S/C22H25ClN4O2/c1-15(16-9-11-17(23)12-10-16)26-22(24-2)25-13-5-6-14-27-20(28)18-7-3-4-8-19(18)21(27)29/h3-4,7-12,15H,5-6,13-14H2,1-2H3,(H2,24,25,26). The van der Waals surface area contributed by atoms with E-state index in [1.807, 2.05) is 24.3 Å². The van der Waals surface area contributed by atoms with Crippen molar-refractivity contribution in [2.75, 3.05) is 20.1 Å². The second kappa shape index (κ2) is 9.56. The molecule has 0 aliphatic carbocycles. The summed E-state index contributed by atoms with van der Waals surface area (Å²) in [6.07, 6.45) is 1.53. The van der Waals surface area contributed by atoms with Gasteiger partial charge in [0.1, 0.15) is 0 Å². The predicted octanol–water partition coefficient (Wildman–Crippen LogP) is 3.64. The van der Waals surface area contributed by atoms with Crippen molar-refractivity contribution >= 4 is 29.4 Å². The molecule has 0 aromatic heterocycles. The van der Waals surface area contributed by atoms with Crippen LogP contribution >= 0.6 is 11.6 Å². The van der Waals surface area contributed by atoms with Crippen molar-refractivity contribution in [1.82, 2.24) is 15.5 Å². The van der Waals surface area contributed by atoms with Gasteiger partial charge in [0.05, 0.1) is 17.2 Å². The highest BCUT2D eigenvalue weighted by atomic mass is 35.5. The third-order valence-electron chi connectivity index (χ3n) is 4.93. The van der Waals surface area contributed by atoms with Crippen LogP contribution in [0.25, 0.3) is 0 Å². The van der Waals surface area contributed by atoms with Gasteiger partial charge in [-0.2, -0.15) is 0 Å². The summed E-state index contributed by atoms with van der Waals surface area (Å²) in [6.45, 7) is 3.16. The van der Waals surface area contributed by atoms with Crippen molar-refractivity contribution < 1.29 is 9.59 Å². The number of aliphatic imine (C=N–C) groups is 1. The smallest absolute Gasteiger partial charge is 0.261 e. The van der Waals surface area contributed by atoms with E-state index in [1.54, 1.807) is 31.3 Å². The fraction of sp³-hybridized carbons (Fsp3) is 0.318. The number of carbonyl (C=O) groups is 2. The Morgan fingerprint density at radius 2 is 1.66 bits per heavy atom. The molecule has 6 nitrogen and oxygen atoms in total. The van der Waals surface area contributed by atoms with Crippen LogP contribution in [-0.2, 0) is 0 Å². The lowest BCUT2D eigenvalue weighted by molar-refractivity contribution is 0.0652. The van der Waals surface area contributed by atoms with E-state index in [0.717, 1.165) is 18.4 Å². The maximum absolute atomic E-state index is 12.4. The largest absolute Gasteiger partial charge is 0.356 e. The SMILES string of the molecule is CN=C(NCCCCN1C(=O)c2ccccc2C1=O)NC(C)c1ccc(Cl)cc1. The maximum Gasteiger partial charge on any atom is 0.261 e. The zero-order valence-electron chi connectivity index (χ0n) is 16.6. The first-order chi connectivity index (χ1) is 14.0. The Morgan fingerprint density at radius 3 is 2.24 bits per heavy atom. The monoisotopic (exact) mass is 412 g/mol. The number of benzene rings is 2. The average Bonchev–Trinajstić information content (AvgIpc) is 2.98. The highest BCUT2D eigenvalue weighted by Crippen LogP contribution is 2.22. The number of guanidine groups is 1. The van der Waals surface area contributed by atoms with Gasteiger partial charge in [0.2, 0.25) is 0 Å². The molecule has 0 saturated heterocycles. The van der Waals surface area contributed by atoms with Crippen LogP contribution in [0.15, 0.2) is 53.5 Å². The van der Waals surface area contributed by atoms with E-state index in [4.69, 9.17) is 11.6 Å². The van der Waals surface area contributed by atoms with Crippen LogP contribution in [0.4, 0.5) is 0 Å². The molecule has 2 aromatic carbocycles. The van der Waals surface area contributed by atoms with Gasteiger partial charge in [-0.05, 0) is 49.6 Å². The normalized spacial score (nSPS) is 14.7. The molecule has 2 N–H and O–H groups in total. The number of rotatable bonds is 7. The first kappa shape index (κ1) is 20.9. The van der Waals surface area contributed by atoms with Gasteiger partial charge < -0.3 is 10.6 Å². The molecule has 29 heavy (non-hydrogen) atoms. The van der Waals surface area contributed by atoms with E-state index < -0.39 is 0 Å². The van der Waals surface area contributed by atoms with Crippen LogP contribution in [0.2, 0.25) is 5.02 Å². The molecule has 1 aliphatic heterocycles. The van der Waals surface area contributed by atoms with E-state index >= 15 is 0 Å². The van der Waals surface area contributed by atoms with E-state index in [0.29, 0.717) is 35.2 Å². The molecule has 1 atom stereocenters. The van der Waals surface area contributed by atoms with Crippen LogP contribution < -0.4 is 10.6 Å². The predicted molar refractivity (Wildman–Crippen MR) is 115 cm³/mol. The lowest BCUT2D eigenvalue weighted by atomic mass is 10.1. The molecule has 1 heterocycles. The molecule has 0 radical (unpaired) electrons. The van der Waals surface area contributed by atoms with Crippen molar-refractivity contribution in [1.29, 1.82) is 0 Å². The van der Waals surface area contributed by atoms with Gasteiger partial charge in [-0.3, -0.25) is 19.5 Å². The highest BCUT2D eigenvalue weighted by molar-refractivity contribution is 6.30. The number of unbranched alkanes of at least 4 members (excludes halogenated alkanes) is 1. The number of hydrogen-bond acceptors (Lipinski definition) is 3. The number of nitrogens with zero attached hydrogens (tertiary/aromatic N) is 2. The van der Waals surface area contributed by atoms with E-state index in [9.17, 15) is 9.59 Å². The summed E-state index contributed by atoms with van der Waals surface area (Å²) in [7, 11) is 1.72. The Kier molecular flexibility index (Phi) is 6.88. The summed E-state index contributed by atoms with van der Waals surface area (Å²) in [6, 6.07) is 14.7. The molecule has 0 saturated carbocycles. The van der Waals surface area contributed by atoms with Gasteiger partial charge >= 0.3 is 0 Å². The summed E-state index contributed by atoms with van der Waals surface area (Å²) in [4.78, 5) is 30.3. The summed E-state index contributed by atoms with van der Waals surface area (Å²) in [5.74, 6) is 0.300. The van der Waals surface area contributed by atoms with Crippen molar-refractivity contribution in [3.05, 3.63) is 70.2 Å². The van der Waals surface area contributed by atoms with Crippen molar-refractivity contribution in [2.45, 2.75) is 25.8 Å². The van der Waals surface area contributed by atoms with Gasteiger partial charge in [-0.25, -0.2) is 0 Å². The maximum atomic E-state index is 12.4. The minimum Gasteiger partial charge on any atom is -0.356 e. The minimum atomic E-state index is -0.201. The number of carbonyl (C=O) groups excluding carboxylic acids is 2. The Morgan fingerprint density at radius 1 is 1.03 bits per heavy atom. The van der Waals surface area contributed by atoms with Gasteiger partial charge in [0.15, 0.2) is 5.96 Å². The second-order valence-corrected chi connectivity index (χ2v) is 7.37. The summed E-state index contributed by atoms with van der Waals surface area (Å²) < 4.78 is 0. The molecule has 0 fully saturated rings. The van der Waals surface area contributed by atoms with Crippen LogP contribution in [0.1, 0.15) is 52.1 Å². The van der Waals surface area contributed by atoms with Crippen molar-refractivity contribution in [3.63, 3.8) is 0 Å². The fourth-order valence-electron chi connectivity index (χ4n) is 3.28. The molecular formula is C22H25ClN4O2. The lowest BCUT2D eigenvalue weighted by Crippen LogP contribution is -2.39. The summed E-state index contributed by atoms with van der Waals surface area (Å²) >= 11 is 5.94. The molecule has 7 heteroatoms. The summed E-state index contributed by atoms with van der Waals surface area (Å²) in [5, 5.41) is 7.32. The van der Waals surface area contributed by atoms with E-state index in [1.165, 1.54) is 4.90 Å². The molecule has 1 unspecified atom stereocenters. The first-order valence-corrected chi connectivity index (χ1v) is 10.1. The van der Waals surface area contributed by atoms with Crippen molar-refractivity contribution in [3.8, 4) is 0 Å². The molecule has 3 rings (SSSR count). The Hall–Kier alpha value is -2.86. The van der Waals surface area contributed by atoms with Gasteiger partial charge in [-0.15, -0.1) is 0 Å². The third kappa shape index (κ3) is 4.95. The topological polar surface area (TPSA) is 73.8 Å². The summed E-state index contributed by atoms with van der Waals surface area (Å²) in [5.41, 5.74) is 2.11. The van der Waals surface area contributed by atoms with Gasteiger partial charge in [0.25, 0.3) is 11.8 Å². The number of hydrogen-bond donors (Lipinski definition) is 2. The highest BCUT2D eigenvalue weighted by Gasteiger charge is 2.34. The van der Waals surface area contributed by atoms with Gasteiger partial charge in [-0.1, -0.05) is 35.9 Å². The second-order valence-electron chi connectivity index (χ2n) is 6.93. The molecule has 0 bridgehead atoms. The number of amides is 2. The molecule has 0 spiro atoms. The zero-order chi connectivity index (χ0) is 20.8. The minimum absolute atomic E-state index is 0.0804. The average molecular weight is 413 g/mol.